The first-order valence-corrected chi connectivity index (χ1v) is 5.08. The van der Waals surface area contributed by atoms with E-state index < -0.39 is 0 Å². The normalized spacial score (nSPS) is 9.75. The second kappa shape index (κ2) is 8.58. The van der Waals surface area contributed by atoms with Crippen LogP contribution in [0.5, 0.6) is 0 Å². The maximum Gasteiger partial charge on any atom is -0.0288 e. The molecule has 0 radical (unpaired) electrons. The average molecular weight is 166 g/mol. The highest BCUT2D eigenvalue weighted by molar-refractivity contribution is 4.95. The minimum absolute atomic E-state index is 1.09. The Morgan fingerprint density at radius 1 is 1.17 bits per heavy atom. The first-order valence-electron chi connectivity index (χ1n) is 5.08. The summed E-state index contributed by atoms with van der Waals surface area (Å²) in [5.74, 6) is 0. The van der Waals surface area contributed by atoms with Crippen molar-refractivity contribution in [1.82, 2.24) is 0 Å². The van der Waals surface area contributed by atoms with Crippen molar-refractivity contribution in [3.8, 4) is 0 Å². The first kappa shape index (κ1) is 11.5. The molecule has 0 N–H and O–H groups in total. The number of unbranched alkanes of at least 4 members (excludes halogenated alkanes) is 3. The molecular weight excluding hydrogens is 144 g/mol. The van der Waals surface area contributed by atoms with Crippen molar-refractivity contribution in [1.29, 1.82) is 0 Å². The molecule has 0 fully saturated rings. The van der Waals surface area contributed by atoms with Gasteiger partial charge in [0.25, 0.3) is 0 Å². The highest BCUT2D eigenvalue weighted by atomic mass is 14.0. The van der Waals surface area contributed by atoms with Crippen molar-refractivity contribution >= 4 is 0 Å². The highest BCUT2D eigenvalue weighted by Gasteiger charge is 1.93. The van der Waals surface area contributed by atoms with Gasteiger partial charge in [0, 0.05) is 0 Å². The Morgan fingerprint density at radius 3 is 2.50 bits per heavy atom. The molecule has 0 aliphatic heterocycles. The van der Waals surface area contributed by atoms with Crippen LogP contribution in [0.4, 0.5) is 0 Å². The summed E-state index contributed by atoms with van der Waals surface area (Å²) in [6, 6.07) is 0. The zero-order chi connectivity index (χ0) is 9.23. The molecule has 0 aliphatic carbocycles. The van der Waals surface area contributed by atoms with E-state index in [-0.39, 0.29) is 0 Å². The van der Waals surface area contributed by atoms with Crippen LogP contribution in [0.15, 0.2) is 24.8 Å². The zero-order valence-corrected chi connectivity index (χ0v) is 8.44. The van der Waals surface area contributed by atoms with Gasteiger partial charge in [-0.25, -0.2) is 0 Å². The van der Waals surface area contributed by atoms with E-state index in [0.29, 0.717) is 0 Å². The number of allylic oxidation sites excluding steroid dienone is 2. The lowest BCUT2D eigenvalue weighted by Crippen LogP contribution is -1.82. The van der Waals surface area contributed by atoms with E-state index in [1.165, 1.54) is 37.7 Å². The van der Waals surface area contributed by atoms with Crippen molar-refractivity contribution in [3.05, 3.63) is 24.8 Å². The molecule has 0 rings (SSSR count). The predicted octanol–water partition coefficient (Wildman–Crippen LogP) is 4.48. The van der Waals surface area contributed by atoms with Gasteiger partial charge in [-0.15, -0.1) is 6.58 Å². The second-order valence-electron chi connectivity index (χ2n) is 3.39. The summed E-state index contributed by atoms with van der Waals surface area (Å²) in [7, 11) is 0. The third-order valence-corrected chi connectivity index (χ3v) is 2.09. The molecule has 0 heteroatoms. The lowest BCUT2D eigenvalue weighted by molar-refractivity contribution is 0.655. The molecule has 0 aliphatic rings. The van der Waals surface area contributed by atoms with Crippen molar-refractivity contribution < 1.29 is 0 Å². The molecule has 0 unspecified atom stereocenters. The summed E-state index contributed by atoms with van der Waals surface area (Å²) in [6.45, 7) is 9.99. The fourth-order valence-electron chi connectivity index (χ4n) is 1.23. The highest BCUT2D eigenvalue weighted by Crippen LogP contribution is 2.12. The molecule has 0 aromatic rings. The molecule has 70 valence electrons. The van der Waals surface area contributed by atoms with Crippen LogP contribution >= 0.6 is 0 Å². The third kappa shape index (κ3) is 7.59. The maximum atomic E-state index is 4.04. The van der Waals surface area contributed by atoms with E-state index in [4.69, 9.17) is 0 Å². The topological polar surface area (TPSA) is 0 Å². The molecule has 0 atom stereocenters. The summed E-state index contributed by atoms with van der Waals surface area (Å²) < 4.78 is 0. The predicted molar refractivity (Wildman–Crippen MR) is 57.3 cm³/mol. The smallest absolute Gasteiger partial charge is 0.0288 e. The summed E-state index contributed by atoms with van der Waals surface area (Å²) in [5.41, 5.74) is 1.39. The van der Waals surface area contributed by atoms with Crippen molar-refractivity contribution in [2.45, 2.75) is 51.9 Å². The van der Waals surface area contributed by atoms with E-state index in [1.807, 2.05) is 6.08 Å². The largest absolute Gasteiger partial charge is 0.103 e. The summed E-state index contributed by atoms with van der Waals surface area (Å²) in [6.07, 6.45) is 10.8. The van der Waals surface area contributed by atoms with Gasteiger partial charge in [0.15, 0.2) is 0 Å². The number of hydrogen-bond donors (Lipinski definition) is 0. The molecule has 0 aromatic heterocycles. The lowest BCUT2D eigenvalue weighted by atomic mass is 10.0. The first-order chi connectivity index (χ1) is 5.81. The number of hydrogen-bond acceptors (Lipinski definition) is 0. The molecule has 12 heavy (non-hydrogen) atoms. The molecule has 0 bridgehead atoms. The third-order valence-electron chi connectivity index (χ3n) is 2.09. The van der Waals surface area contributed by atoms with Crippen LogP contribution in [0.1, 0.15) is 51.9 Å². The second-order valence-corrected chi connectivity index (χ2v) is 3.39. The molecule has 0 spiro atoms. The minimum Gasteiger partial charge on any atom is -0.103 e. The van der Waals surface area contributed by atoms with Crippen LogP contribution in [-0.2, 0) is 0 Å². The molecule has 0 saturated heterocycles. The standard InChI is InChI=1S/C12H22/c1-4-6-8-9-11-12(3)10-7-5-2/h5H,2-4,6-11H2,1H3. The van der Waals surface area contributed by atoms with Gasteiger partial charge in [-0.3, -0.25) is 0 Å². The van der Waals surface area contributed by atoms with Gasteiger partial charge in [-0.05, 0) is 25.7 Å². The van der Waals surface area contributed by atoms with E-state index in [0.717, 1.165) is 12.8 Å². The summed E-state index contributed by atoms with van der Waals surface area (Å²) >= 11 is 0. The monoisotopic (exact) mass is 166 g/mol. The van der Waals surface area contributed by atoms with Crippen LogP contribution in [0.3, 0.4) is 0 Å². The van der Waals surface area contributed by atoms with Crippen LogP contribution in [0, 0.1) is 0 Å². The Morgan fingerprint density at radius 2 is 1.92 bits per heavy atom. The van der Waals surface area contributed by atoms with Crippen LogP contribution in [0.25, 0.3) is 0 Å². The van der Waals surface area contributed by atoms with Crippen molar-refractivity contribution in [2.24, 2.45) is 0 Å². The van der Waals surface area contributed by atoms with Crippen LogP contribution < -0.4 is 0 Å². The number of rotatable bonds is 8. The molecule has 0 amide bonds. The summed E-state index contributed by atoms with van der Waals surface area (Å²) in [4.78, 5) is 0. The van der Waals surface area contributed by atoms with Crippen molar-refractivity contribution in [3.63, 3.8) is 0 Å². The minimum atomic E-state index is 1.09. The Kier molecular flexibility index (Phi) is 8.20. The zero-order valence-electron chi connectivity index (χ0n) is 8.44. The Balaban J connectivity index is 3.13. The van der Waals surface area contributed by atoms with Crippen molar-refractivity contribution in [2.75, 3.05) is 0 Å². The van der Waals surface area contributed by atoms with Gasteiger partial charge in [0.05, 0.1) is 0 Å². The Hall–Kier alpha value is -0.520. The van der Waals surface area contributed by atoms with Gasteiger partial charge in [-0.1, -0.05) is 44.4 Å². The van der Waals surface area contributed by atoms with Crippen LogP contribution in [0.2, 0.25) is 0 Å². The lowest BCUT2D eigenvalue weighted by Gasteiger charge is -2.02. The quantitative estimate of drug-likeness (QED) is 0.368. The Labute approximate surface area is 77.4 Å². The molecule has 0 aromatic carbocycles. The molecule has 0 heterocycles. The van der Waals surface area contributed by atoms with E-state index in [2.05, 4.69) is 20.1 Å². The Bertz CT molecular complexity index is 122. The van der Waals surface area contributed by atoms with E-state index in [1.54, 1.807) is 0 Å². The van der Waals surface area contributed by atoms with E-state index >= 15 is 0 Å². The SMILES string of the molecule is C=CCCC(=C)CCCCCC. The molecule has 0 saturated carbocycles. The van der Waals surface area contributed by atoms with Gasteiger partial charge in [-0.2, -0.15) is 0 Å². The van der Waals surface area contributed by atoms with Gasteiger partial charge >= 0.3 is 0 Å². The maximum absolute atomic E-state index is 4.04. The van der Waals surface area contributed by atoms with E-state index in [9.17, 15) is 0 Å². The fraction of sp³-hybridized carbons (Fsp3) is 0.667. The van der Waals surface area contributed by atoms with Gasteiger partial charge in [0.1, 0.15) is 0 Å². The fourth-order valence-corrected chi connectivity index (χ4v) is 1.23. The van der Waals surface area contributed by atoms with Gasteiger partial charge in [0.2, 0.25) is 0 Å². The van der Waals surface area contributed by atoms with Crippen LogP contribution in [-0.4, -0.2) is 0 Å². The molecular formula is C12H22. The average Bonchev–Trinajstić information content (AvgIpc) is 2.09. The van der Waals surface area contributed by atoms with Gasteiger partial charge < -0.3 is 0 Å². The summed E-state index contributed by atoms with van der Waals surface area (Å²) in [5, 5.41) is 0. The molecule has 0 nitrogen and oxygen atoms in total.